The van der Waals surface area contributed by atoms with Crippen LogP contribution in [-0.2, 0) is 16.4 Å². The van der Waals surface area contributed by atoms with Gasteiger partial charge in [0.2, 0.25) is 10.0 Å². The van der Waals surface area contributed by atoms with Crippen molar-refractivity contribution in [2.75, 3.05) is 31.9 Å². The van der Waals surface area contributed by atoms with Gasteiger partial charge >= 0.3 is 0 Å². The molecule has 9 heteroatoms. The number of rotatable bonds is 13. The lowest BCUT2D eigenvalue weighted by molar-refractivity contribution is 0.101. The van der Waals surface area contributed by atoms with Gasteiger partial charge in [-0.25, -0.2) is 13.1 Å². The average molecular weight is 549 g/mol. The SMILES string of the molecule is CCCCc1cc(OC2CCN(CCCCNS(=O)(=O)CC(C)C)CC2)c2ncccc2c1.Cl.Cl. The first-order chi connectivity index (χ1) is 15.9. The molecule has 1 aliphatic heterocycles. The summed E-state index contributed by atoms with van der Waals surface area (Å²) in [5.41, 5.74) is 2.29. The Balaban J connectivity index is 0.00000306. The van der Waals surface area contributed by atoms with Gasteiger partial charge in [-0.1, -0.05) is 33.3 Å². The number of aryl methyl sites for hydroxylation is 1. The molecule has 0 unspecified atom stereocenters. The molecular weight excluding hydrogens is 505 g/mol. The van der Waals surface area contributed by atoms with E-state index >= 15 is 0 Å². The predicted molar refractivity (Wildman–Crippen MR) is 151 cm³/mol. The predicted octanol–water partition coefficient (Wildman–Crippen LogP) is 5.62. The number of ether oxygens (including phenoxy) is 1. The molecule has 0 spiro atoms. The molecule has 1 aromatic heterocycles. The van der Waals surface area contributed by atoms with Crippen molar-refractivity contribution in [3.8, 4) is 5.75 Å². The van der Waals surface area contributed by atoms with Crippen molar-refractivity contribution in [2.24, 2.45) is 5.92 Å². The molecule has 1 aromatic carbocycles. The first-order valence-electron chi connectivity index (χ1n) is 12.6. The molecule has 0 aliphatic carbocycles. The molecule has 3 rings (SSSR count). The van der Waals surface area contributed by atoms with Gasteiger partial charge in [-0.3, -0.25) is 4.98 Å². The van der Waals surface area contributed by atoms with Crippen LogP contribution in [0.4, 0.5) is 0 Å². The van der Waals surface area contributed by atoms with Crippen molar-refractivity contribution in [2.45, 2.75) is 71.8 Å². The Kier molecular flexibility index (Phi) is 14.5. The van der Waals surface area contributed by atoms with Crippen molar-refractivity contribution in [3.05, 3.63) is 36.0 Å². The fourth-order valence-corrected chi connectivity index (χ4v) is 5.90. The zero-order valence-corrected chi connectivity index (χ0v) is 23.8. The highest BCUT2D eigenvalue weighted by atomic mass is 35.5. The van der Waals surface area contributed by atoms with Crippen LogP contribution < -0.4 is 9.46 Å². The Bertz CT molecular complexity index is 981. The first kappa shape index (κ1) is 31.9. The summed E-state index contributed by atoms with van der Waals surface area (Å²) in [5, 5.41) is 1.16. The van der Waals surface area contributed by atoms with Crippen molar-refractivity contribution < 1.29 is 13.2 Å². The monoisotopic (exact) mass is 547 g/mol. The minimum absolute atomic E-state index is 0. The van der Waals surface area contributed by atoms with Gasteiger partial charge in [0, 0.05) is 31.2 Å². The number of fused-ring (bicyclic) bond motifs is 1. The van der Waals surface area contributed by atoms with Crippen LogP contribution in [0.5, 0.6) is 5.75 Å². The Morgan fingerprint density at radius 3 is 2.57 bits per heavy atom. The maximum Gasteiger partial charge on any atom is 0.211 e. The van der Waals surface area contributed by atoms with E-state index < -0.39 is 10.0 Å². The van der Waals surface area contributed by atoms with Crippen LogP contribution >= 0.6 is 24.8 Å². The lowest BCUT2D eigenvalue weighted by Gasteiger charge is -2.32. The van der Waals surface area contributed by atoms with Gasteiger partial charge in [-0.2, -0.15) is 0 Å². The van der Waals surface area contributed by atoms with E-state index in [2.05, 4.69) is 39.7 Å². The van der Waals surface area contributed by atoms with E-state index in [0.29, 0.717) is 6.54 Å². The number of piperidine rings is 1. The number of hydrogen-bond acceptors (Lipinski definition) is 5. The number of nitrogens with one attached hydrogen (secondary N) is 1. The van der Waals surface area contributed by atoms with E-state index in [0.717, 1.165) is 68.4 Å². The molecule has 2 aromatic rings. The Labute approximate surface area is 224 Å². The number of likely N-dealkylation sites (tertiary alicyclic amines) is 1. The third kappa shape index (κ3) is 10.8. The van der Waals surface area contributed by atoms with E-state index in [9.17, 15) is 8.42 Å². The summed E-state index contributed by atoms with van der Waals surface area (Å²) in [6, 6.07) is 8.55. The zero-order valence-electron chi connectivity index (χ0n) is 21.4. The highest BCUT2D eigenvalue weighted by molar-refractivity contribution is 7.89. The summed E-state index contributed by atoms with van der Waals surface area (Å²) < 4.78 is 33.0. The van der Waals surface area contributed by atoms with Crippen LogP contribution in [0, 0.1) is 5.92 Å². The molecule has 0 bridgehead atoms. The number of hydrogen-bond donors (Lipinski definition) is 1. The standard InChI is InChI=1S/C26H41N3O3S.2ClH/c1-4-5-9-22-18-23-10-8-13-27-26(23)25(19-22)32-24-11-16-29(17-12-24)15-7-6-14-28-33(30,31)20-21(2)3;;/h8,10,13,18-19,21,24,28H,4-7,9,11-12,14-17,20H2,1-3H3;2*1H. The minimum Gasteiger partial charge on any atom is -0.488 e. The highest BCUT2D eigenvalue weighted by Crippen LogP contribution is 2.29. The third-order valence-corrected chi connectivity index (χ3v) is 7.90. The summed E-state index contributed by atoms with van der Waals surface area (Å²) in [4.78, 5) is 7.06. The molecule has 0 radical (unpaired) electrons. The molecule has 2 heterocycles. The highest BCUT2D eigenvalue weighted by Gasteiger charge is 2.21. The molecule has 200 valence electrons. The number of pyridine rings is 1. The molecule has 0 atom stereocenters. The zero-order chi connectivity index (χ0) is 23.7. The maximum absolute atomic E-state index is 11.9. The normalized spacial score (nSPS) is 15.1. The maximum atomic E-state index is 11.9. The lowest BCUT2D eigenvalue weighted by atomic mass is 10.0. The molecule has 6 nitrogen and oxygen atoms in total. The fraction of sp³-hybridized carbons (Fsp3) is 0.654. The molecular formula is C26H43Cl2N3O3S. The summed E-state index contributed by atoms with van der Waals surface area (Å²) in [6.45, 7) is 9.65. The summed E-state index contributed by atoms with van der Waals surface area (Å²) in [6.07, 6.45) is 9.39. The van der Waals surface area contributed by atoms with Crippen LogP contribution in [0.15, 0.2) is 30.5 Å². The van der Waals surface area contributed by atoms with Gasteiger partial charge in [-0.15, -0.1) is 24.8 Å². The van der Waals surface area contributed by atoms with E-state index in [-0.39, 0.29) is 42.6 Å². The third-order valence-electron chi connectivity index (χ3n) is 6.15. The number of unbranched alkanes of at least 4 members (excludes halogenated alkanes) is 2. The van der Waals surface area contributed by atoms with Crippen LogP contribution in [0.25, 0.3) is 10.9 Å². The van der Waals surface area contributed by atoms with Crippen LogP contribution in [0.1, 0.15) is 64.9 Å². The molecule has 35 heavy (non-hydrogen) atoms. The van der Waals surface area contributed by atoms with Gasteiger partial charge < -0.3 is 9.64 Å². The smallest absolute Gasteiger partial charge is 0.211 e. The molecule has 1 fully saturated rings. The molecule has 0 amide bonds. The van der Waals surface area contributed by atoms with Crippen LogP contribution in [0.3, 0.4) is 0 Å². The van der Waals surface area contributed by atoms with E-state index in [1.165, 1.54) is 18.4 Å². The lowest BCUT2D eigenvalue weighted by Crippen LogP contribution is -2.39. The summed E-state index contributed by atoms with van der Waals surface area (Å²) in [7, 11) is -3.13. The molecule has 1 aliphatic rings. The number of halogens is 2. The number of sulfonamides is 1. The topological polar surface area (TPSA) is 71.5 Å². The van der Waals surface area contributed by atoms with Gasteiger partial charge in [0.05, 0.1) is 5.75 Å². The van der Waals surface area contributed by atoms with Gasteiger partial charge in [-0.05, 0) is 74.8 Å². The van der Waals surface area contributed by atoms with Crippen molar-refractivity contribution in [3.63, 3.8) is 0 Å². The number of benzene rings is 1. The Hall–Kier alpha value is -1.12. The van der Waals surface area contributed by atoms with Crippen LogP contribution in [-0.4, -0.2) is 56.3 Å². The number of aromatic nitrogens is 1. The van der Waals surface area contributed by atoms with Crippen molar-refractivity contribution >= 4 is 45.7 Å². The van der Waals surface area contributed by atoms with E-state index in [4.69, 9.17) is 4.74 Å². The van der Waals surface area contributed by atoms with Gasteiger partial charge in [0.1, 0.15) is 17.4 Å². The molecule has 1 N–H and O–H groups in total. The summed E-state index contributed by atoms with van der Waals surface area (Å²) >= 11 is 0. The van der Waals surface area contributed by atoms with E-state index in [1.54, 1.807) is 0 Å². The fourth-order valence-electron chi connectivity index (χ4n) is 4.45. The molecule has 1 saturated heterocycles. The van der Waals surface area contributed by atoms with Crippen molar-refractivity contribution in [1.82, 2.24) is 14.6 Å². The van der Waals surface area contributed by atoms with Crippen molar-refractivity contribution in [1.29, 1.82) is 0 Å². The first-order valence-corrected chi connectivity index (χ1v) is 14.3. The second-order valence-electron chi connectivity index (χ2n) is 9.71. The van der Waals surface area contributed by atoms with Gasteiger partial charge in [0.15, 0.2) is 0 Å². The summed E-state index contributed by atoms with van der Waals surface area (Å²) in [5.74, 6) is 1.28. The second kappa shape index (κ2) is 15.9. The molecule has 0 saturated carbocycles. The Morgan fingerprint density at radius 2 is 1.89 bits per heavy atom. The van der Waals surface area contributed by atoms with E-state index in [1.807, 2.05) is 26.1 Å². The quantitative estimate of drug-likeness (QED) is 0.329. The Morgan fingerprint density at radius 1 is 1.14 bits per heavy atom. The second-order valence-corrected chi connectivity index (χ2v) is 11.6. The van der Waals surface area contributed by atoms with Crippen LogP contribution in [0.2, 0.25) is 0 Å². The van der Waals surface area contributed by atoms with Gasteiger partial charge in [0.25, 0.3) is 0 Å². The minimum atomic E-state index is -3.13. The number of nitrogens with zero attached hydrogens (tertiary/aromatic N) is 2. The average Bonchev–Trinajstić information content (AvgIpc) is 2.77. The largest absolute Gasteiger partial charge is 0.488 e.